The lowest BCUT2D eigenvalue weighted by Crippen LogP contribution is -2.54. The van der Waals surface area contributed by atoms with Crippen LogP contribution >= 0.6 is 24.0 Å². The standard InChI is InChI=1S/C20H37N5O.HI/c1-3-5-8-11-22-20(21-4-2)25-16-14-23(15-17-25)18-19(26)24-12-9-6-7-10-13-24;/h3,5H,4,6-18H2,1-2H3,(H,21,22);1H/b5-3+;. The molecule has 2 aliphatic heterocycles. The number of guanidine groups is 1. The van der Waals surface area contributed by atoms with E-state index in [0.717, 1.165) is 77.6 Å². The number of carbonyl (C=O) groups excluding carboxylic acids is 1. The number of aliphatic imine (C=N–C) groups is 1. The lowest BCUT2D eigenvalue weighted by Gasteiger charge is -2.37. The van der Waals surface area contributed by atoms with Crippen molar-refractivity contribution >= 4 is 35.8 Å². The second kappa shape index (κ2) is 14.2. The lowest BCUT2D eigenvalue weighted by molar-refractivity contribution is -0.132. The summed E-state index contributed by atoms with van der Waals surface area (Å²) < 4.78 is 0. The Labute approximate surface area is 182 Å². The quantitative estimate of drug-likeness (QED) is 0.204. The number of nitrogens with one attached hydrogen (secondary N) is 1. The highest BCUT2D eigenvalue weighted by Crippen LogP contribution is 2.11. The Balaban J connectivity index is 0.00000364. The predicted molar refractivity (Wildman–Crippen MR) is 124 cm³/mol. The van der Waals surface area contributed by atoms with Gasteiger partial charge in [0.05, 0.1) is 6.54 Å². The van der Waals surface area contributed by atoms with Crippen molar-refractivity contribution in [2.45, 2.75) is 46.0 Å². The topological polar surface area (TPSA) is 51.2 Å². The molecule has 2 aliphatic rings. The van der Waals surface area contributed by atoms with Gasteiger partial charge in [-0.2, -0.15) is 0 Å². The van der Waals surface area contributed by atoms with Crippen LogP contribution in [0.25, 0.3) is 0 Å². The van der Waals surface area contributed by atoms with E-state index in [4.69, 9.17) is 4.99 Å². The van der Waals surface area contributed by atoms with Crippen LogP contribution in [-0.2, 0) is 4.79 Å². The van der Waals surface area contributed by atoms with Crippen LogP contribution in [0.3, 0.4) is 0 Å². The van der Waals surface area contributed by atoms with E-state index in [0.29, 0.717) is 12.5 Å². The van der Waals surface area contributed by atoms with Gasteiger partial charge in [0.2, 0.25) is 5.91 Å². The summed E-state index contributed by atoms with van der Waals surface area (Å²) in [6, 6.07) is 0. The number of carbonyl (C=O) groups is 1. The van der Waals surface area contributed by atoms with Crippen LogP contribution in [0.1, 0.15) is 46.0 Å². The average molecular weight is 491 g/mol. The summed E-state index contributed by atoms with van der Waals surface area (Å²) in [6.07, 6.45) is 10.1. The first-order chi connectivity index (χ1) is 12.7. The monoisotopic (exact) mass is 491 g/mol. The second-order valence-electron chi connectivity index (χ2n) is 7.15. The third-order valence-corrected chi connectivity index (χ3v) is 5.12. The molecular weight excluding hydrogens is 453 g/mol. The molecule has 2 saturated heterocycles. The Bertz CT molecular complexity index is 467. The summed E-state index contributed by atoms with van der Waals surface area (Å²) in [5.41, 5.74) is 0. The third kappa shape index (κ3) is 8.81. The number of halogens is 1. The number of piperazine rings is 1. The van der Waals surface area contributed by atoms with Crippen LogP contribution in [-0.4, -0.2) is 85.5 Å². The van der Waals surface area contributed by atoms with E-state index < -0.39 is 0 Å². The molecular formula is C20H38IN5O. The number of rotatable bonds is 6. The van der Waals surface area contributed by atoms with Crippen molar-refractivity contribution in [1.29, 1.82) is 0 Å². The van der Waals surface area contributed by atoms with Crippen molar-refractivity contribution in [2.75, 3.05) is 58.9 Å². The third-order valence-electron chi connectivity index (χ3n) is 5.12. The van der Waals surface area contributed by atoms with E-state index in [1.807, 2.05) is 6.92 Å². The second-order valence-corrected chi connectivity index (χ2v) is 7.15. The Morgan fingerprint density at radius 2 is 1.67 bits per heavy atom. The zero-order valence-electron chi connectivity index (χ0n) is 17.2. The summed E-state index contributed by atoms with van der Waals surface area (Å²) in [5.74, 6) is 1.32. The van der Waals surface area contributed by atoms with Gasteiger partial charge in [-0.3, -0.25) is 14.7 Å². The zero-order chi connectivity index (χ0) is 18.6. The minimum atomic E-state index is 0. The first kappa shape index (κ1) is 24.2. The van der Waals surface area contributed by atoms with E-state index >= 15 is 0 Å². The van der Waals surface area contributed by atoms with E-state index in [2.05, 4.69) is 39.1 Å². The molecule has 0 radical (unpaired) electrons. The molecule has 0 aromatic heterocycles. The van der Waals surface area contributed by atoms with E-state index in [1.165, 1.54) is 12.8 Å². The van der Waals surface area contributed by atoms with Crippen LogP contribution in [0, 0.1) is 0 Å². The summed E-state index contributed by atoms with van der Waals surface area (Å²) >= 11 is 0. The van der Waals surface area contributed by atoms with Crippen LogP contribution < -0.4 is 5.32 Å². The van der Waals surface area contributed by atoms with Gasteiger partial charge in [0.15, 0.2) is 5.96 Å². The maximum absolute atomic E-state index is 12.6. The van der Waals surface area contributed by atoms with Gasteiger partial charge in [0.25, 0.3) is 0 Å². The molecule has 156 valence electrons. The summed E-state index contributed by atoms with van der Waals surface area (Å²) in [5, 5.41) is 3.40. The van der Waals surface area contributed by atoms with Crippen LogP contribution in [0.15, 0.2) is 17.1 Å². The van der Waals surface area contributed by atoms with Crippen molar-refractivity contribution in [3.8, 4) is 0 Å². The van der Waals surface area contributed by atoms with Gasteiger partial charge >= 0.3 is 0 Å². The molecule has 7 heteroatoms. The first-order valence-corrected chi connectivity index (χ1v) is 10.4. The van der Waals surface area contributed by atoms with Crippen LogP contribution in [0.5, 0.6) is 0 Å². The molecule has 27 heavy (non-hydrogen) atoms. The fourth-order valence-corrected chi connectivity index (χ4v) is 3.57. The van der Waals surface area contributed by atoms with Gasteiger partial charge in [0, 0.05) is 52.4 Å². The number of hydrogen-bond acceptors (Lipinski definition) is 3. The number of hydrogen-bond donors (Lipinski definition) is 1. The van der Waals surface area contributed by atoms with E-state index in [9.17, 15) is 4.79 Å². The van der Waals surface area contributed by atoms with E-state index in [1.54, 1.807) is 0 Å². The Morgan fingerprint density at radius 1 is 1.00 bits per heavy atom. The molecule has 6 nitrogen and oxygen atoms in total. The number of nitrogens with zero attached hydrogens (tertiary/aromatic N) is 4. The van der Waals surface area contributed by atoms with Crippen molar-refractivity contribution in [3.63, 3.8) is 0 Å². The Hall–Kier alpha value is -0.830. The normalized spacial score (nSPS) is 19.7. The lowest BCUT2D eigenvalue weighted by atomic mass is 10.2. The van der Waals surface area contributed by atoms with E-state index in [-0.39, 0.29) is 24.0 Å². The largest absolute Gasteiger partial charge is 0.357 e. The summed E-state index contributed by atoms with van der Waals surface area (Å²) in [6.45, 7) is 12.0. The number of allylic oxidation sites excluding steroid dienone is 1. The molecule has 0 unspecified atom stereocenters. The molecule has 0 aromatic rings. The maximum atomic E-state index is 12.6. The molecule has 0 bridgehead atoms. The highest BCUT2D eigenvalue weighted by Gasteiger charge is 2.23. The highest BCUT2D eigenvalue weighted by molar-refractivity contribution is 14.0. The summed E-state index contributed by atoms with van der Waals surface area (Å²) in [4.78, 5) is 24.0. The first-order valence-electron chi connectivity index (χ1n) is 10.4. The molecule has 1 amide bonds. The minimum Gasteiger partial charge on any atom is -0.357 e. The highest BCUT2D eigenvalue weighted by atomic mass is 127. The summed E-state index contributed by atoms with van der Waals surface area (Å²) in [7, 11) is 0. The molecule has 2 heterocycles. The number of amides is 1. The van der Waals surface area contributed by atoms with Crippen molar-refractivity contribution in [2.24, 2.45) is 4.99 Å². The van der Waals surface area contributed by atoms with Crippen molar-refractivity contribution in [3.05, 3.63) is 12.2 Å². The van der Waals surface area contributed by atoms with Gasteiger partial charge in [0.1, 0.15) is 0 Å². The molecule has 1 N–H and O–H groups in total. The van der Waals surface area contributed by atoms with Crippen molar-refractivity contribution in [1.82, 2.24) is 20.0 Å². The zero-order valence-corrected chi connectivity index (χ0v) is 19.5. The molecule has 0 atom stereocenters. The van der Waals surface area contributed by atoms with Crippen LogP contribution in [0.2, 0.25) is 0 Å². The van der Waals surface area contributed by atoms with Gasteiger partial charge in [-0.1, -0.05) is 25.0 Å². The van der Waals surface area contributed by atoms with Gasteiger partial charge < -0.3 is 15.1 Å². The van der Waals surface area contributed by atoms with Gasteiger partial charge in [-0.15, -0.1) is 24.0 Å². The molecule has 2 fully saturated rings. The van der Waals surface area contributed by atoms with Crippen LogP contribution in [0.4, 0.5) is 0 Å². The fourth-order valence-electron chi connectivity index (χ4n) is 3.57. The Kier molecular flexibility index (Phi) is 12.7. The van der Waals surface area contributed by atoms with Crippen molar-refractivity contribution < 1.29 is 4.79 Å². The maximum Gasteiger partial charge on any atom is 0.236 e. The SMILES string of the molecule is C/C=C/CCN=C(NCC)N1CCN(CC(=O)N2CCCCCC2)CC1.I. The molecule has 2 rings (SSSR count). The average Bonchev–Trinajstić information content (AvgIpc) is 2.94. The smallest absolute Gasteiger partial charge is 0.236 e. The number of likely N-dealkylation sites (tertiary alicyclic amines) is 1. The van der Waals surface area contributed by atoms with Gasteiger partial charge in [-0.05, 0) is 33.1 Å². The fraction of sp³-hybridized carbons (Fsp3) is 0.800. The Morgan fingerprint density at radius 3 is 2.26 bits per heavy atom. The molecule has 0 aliphatic carbocycles. The predicted octanol–water partition coefficient (Wildman–Crippen LogP) is 2.56. The van der Waals surface area contributed by atoms with Gasteiger partial charge in [-0.25, -0.2) is 0 Å². The molecule has 0 spiro atoms. The minimum absolute atomic E-state index is 0. The molecule has 0 aromatic carbocycles. The molecule has 0 saturated carbocycles.